The van der Waals surface area contributed by atoms with Crippen molar-refractivity contribution in [2.45, 2.75) is 83.9 Å². The monoisotopic (exact) mass is 607 g/mol. The summed E-state index contributed by atoms with van der Waals surface area (Å²) in [4.78, 5) is 23.3. The number of rotatable bonds is 9. The summed E-state index contributed by atoms with van der Waals surface area (Å²) in [5.41, 5.74) is 0.971. The molecular formula is C33H46ClN7O2. The first kappa shape index (κ1) is 31.3. The van der Waals surface area contributed by atoms with E-state index in [0.29, 0.717) is 58.6 Å². The molecule has 2 saturated carbocycles. The fourth-order valence-electron chi connectivity index (χ4n) is 7.06. The van der Waals surface area contributed by atoms with Crippen molar-refractivity contribution in [1.29, 1.82) is 5.26 Å². The fraction of sp³-hybridized carbons (Fsp3) is 0.636. The molecule has 10 heteroatoms. The first-order chi connectivity index (χ1) is 20.7. The molecule has 2 aromatic rings. The van der Waals surface area contributed by atoms with Crippen LogP contribution in [0.5, 0.6) is 0 Å². The first-order valence-corrected chi connectivity index (χ1v) is 16.3. The topological polar surface area (TPSA) is 115 Å². The number of fused-ring (bicyclic) bond motifs is 2. The second-order valence-corrected chi connectivity index (χ2v) is 13.9. The Balaban J connectivity index is 1.10. The smallest absolute Gasteiger partial charge is 0.410 e. The molecule has 1 aliphatic heterocycles. The number of likely N-dealkylation sites (tertiary alicyclic amines) is 1. The largest absolute Gasteiger partial charge is 0.444 e. The number of benzene rings is 1. The molecule has 0 spiro atoms. The Bertz CT molecular complexity index is 1270. The zero-order chi connectivity index (χ0) is 30.4. The van der Waals surface area contributed by atoms with Crippen molar-refractivity contribution < 1.29 is 9.53 Å². The molecule has 1 aromatic heterocycles. The van der Waals surface area contributed by atoms with Gasteiger partial charge in [-0.15, -0.1) is 0 Å². The first-order valence-electron chi connectivity index (χ1n) is 15.9. The third kappa shape index (κ3) is 8.51. The molecule has 3 N–H and O–H groups in total. The van der Waals surface area contributed by atoms with Crippen molar-refractivity contribution in [2.75, 3.05) is 36.8 Å². The van der Waals surface area contributed by atoms with Gasteiger partial charge in [-0.25, -0.2) is 9.78 Å². The second kappa shape index (κ2) is 14.1. The summed E-state index contributed by atoms with van der Waals surface area (Å²) in [7, 11) is 0. The van der Waals surface area contributed by atoms with Crippen LogP contribution in [0.4, 0.5) is 16.6 Å². The lowest BCUT2D eigenvalue weighted by atomic mass is 9.64. The molecule has 2 bridgehead atoms. The van der Waals surface area contributed by atoms with Crippen LogP contribution in [0, 0.1) is 35.0 Å². The van der Waals surface area contributed by atoms with Gasteiger partial charge in [0.2, 0.25) is 5.95 Å². The van der Waals surface area contributed by atoms with Crippen LogP contribution >= 0.6 is 11.6 Å². The van der Waals surface area contributed by atoms with E-state index in [9.17, 15) is 10.1 Å². The maximum absolute atomic E-state index is 12.4. The van der Waals surface area contributed by atoms with E-state index in [1.807, 2.05) is 49.9 Å². The van der Waals surface area contributed by atoms with Crippen LogP contribution in [0.15, 0.2) is 30.5 Å². The predicted molar refractivity (Wildman–Crippen MR) is 170 cm³/mol. The van der Waals surface area contributed by atoms with Crippen molar-refractivity contribution in [3.8, 4) is 6.07 Å². The molecule has 2 heterocycles. The molecule has 232 valence electrons. The second-order valence-electron chi connectivity index (χ2n) is 13.5. The lowest BCUT2D eigenvalue weighted by Gasteiger charge is -2.47. The molecule has 1 amide bonds. The molecule has 3 aliphatic rings. The highest BCUT2D eigenvalue weighted by Crippen LogP contribution is 2.43. The summed E-state index contributed by atoms with van der Waals surface area (Å²) < 4.78 is 5.56. The number of nitriles is 1. The zero-order valence-electron chi connectivity index (χ0n) is 25.7. The molecule has 4 atom stereocenters. The minimum Gasteiger partial charge on any atom is -0.444 e. The number of anilines is 2. The van der Waals surface area contributed by atoms with E-state index in [0.717, 1.165) is 44.6 Å². The van der Waals surface area contributed by atoms with Crippen molar-refractivity contribution in [2.24, 2.45) is 23.7 Å². The number of carbonyl (C=O) groups is 1. The van der Waals surface area contributed by atoms with Crippen LogP contribution in [-0.2, 0) is 11.3 Å². The highest BCUT2D eigenvalue weighted by atomic mass is 35.5. The van der Waals surface area contributed by atoms with Crippen LogP contribution in [0.25, 0.3) is 0 Å². The highest BCUT2D eigenvalue weighted by Gasteiger charge is 2.40. The van der Waals surface area contributed by atoms with E-state index in [4.69, 9.17) is 16.3 Å². The van der Waals surface area contributed by atoms with Crippen LogP contribution < -0.4 is 16.0 Å². The summed E-state index contributed by atoms with van der Waals surface area (Å²) in [5, 5.41) is 21.1. The van der Waals surface area contributed by atoms with Gasteiger partial charge in [-0.05, 0) is 101 Å². The Morgan fingerprint density at radius 2 is 1.79 bits per heavy atom. The Morgan fingerprint density at radius 3 is 2.47 bits per heavy atom. The number of nitrogens with zero attached hydrogens (tertiary/aromatic N) is 4. The summed E-state index contributed by atoms with van der Waals surface area (Å²) in [6.07, 6.45) is 9.67. The van der Waals surface area contributed by atoms with E-state index in [1.54, 1.807) is 6.20 Å². The molecule has 1 saturated heterocycles. The third-order valence-electron chi connectivity index (χ3n) is 9.21. The molecule has 2 unspecified atom stereocenters. The third-order valence-corrected chi connectivity index (χ3v) is 9.58. The molecule has 43 heavy (non-hydrogen) atoms. The fourth-order valence-corrected chi connectivity index (χ4v) is 7.26. The van der Waals surface area contributed by atoms with Crippen molar-refractivity contribution in [3.05, 3.63) is 46.6 Å². The summed E-state index contributed by atoms with van der Waals surface area (Å²) in [6, 6.07) is 10.5. The molecule has 9 nitrogen and oxygen atoms in total. The number of halogens is 1. The quantitative estimate of drug-likeness (QED) is 0.298. The number of ether oxygens (including phenoxy) is 1. The summed E-state index contributed by atoms with van der Waals surface area (Å²) in [6.45, 7) is 9.64. The molecule has 5 rings (SSSR count). The molecule has 2 aliphatic carbocycles. The van der Waals surface area contributed by atoms with Crippen molar-refractivity contribution >= 4 is 29.5 Å². The van der Waals surface area contributed by atoms with E-state index in [2.05, 4.69) is 32.0 Å². The number of hydrogen-bond acceptors (Lipinski definition) is 8. The van der Waals surface area contributed by atoms with Crippen LogP contribution in [0.2, 0.25) is 5.02 Å². The number of piperidine rings is 1. The van der Waals surface area contributed by atoms with E-state index in [1.165, 1.54) is 32.1 Å². The number of nitrogens with one attached hydrogen (secondary N) is 3. The molecule has 3 fully saturated rings. The molecular weight excluding hydrogens is 562 g/mol. The van der Waals surface area contributed by atoms with Gasteiger partial charge >= 0.3 is 6.09 Å². The van der Waals surface area contributed by atoms with Crippen LogP contribution in [0.3, 0.4) is 0 Å². The van der Waals surface area contributed by atoms with Gasteiger partial charge in [0, 0.05) is 37.2 Å². The van der Waals surface area contributed by atoms with Gasteiger partial charge in [-0.1, -0.05) is 36.2 Å². The number of carbonyl (C=O) groups excluding carboxylic acids is 1. The SMILES string of the molecule is CC(C)(C)OC(=O)N1CCC(CNC2[C@@H]3CCC[C@H]2CC(CNc2nc(NCc4ccccc4Cl)ncc2C#N)C3)CC1. The summed E-state index contributed by atoms with van der Waals surface area (Å²) >= 11 is 6.29. The Labute approximate surface area is 261 Å². The van der Waals surface area contributed by atoms with Gasteiger partial charge in [-0.2, -0.15) is 10.2 Å². The van der Waals surface area contributed by atoms with Crippen molar-refractivity contribution in [1.82, 2.24) is 20.2 Å². The van der Waals surface area contributed by atoms with Crippen molar-refractivity contribution in [3.63, 3.8) is 0 Å². The number of aromatic nitrogens is 2. The number of amides is 1. The lowest BCUT2D eigenvalue weighted by Crippen LogP contribution is -2.52. The van der Waals surface area contributed by atoms with Gasteiger partial charge < -0.3 is 25.6 Å². The highest BCUT2D eigenvalue weighted by molar-refractivity contribution is 6.31. The molecule has 0 radical (unpaired) electrons. The zero-order valence-corrected chi connectivity index (χ0v) is 26.5. The van der Waals surface area contributed by atoms with Crippen LogP contribution in [0.1, 0.15) is 76.8 Å². The Kier molecular flexibility index (Phi) is 10.3. The van der Waals surface area contributed by atoms with Gasteiger partial charge in [0.1, 0.15) is 23.1 Å². The molecule has 1 aromatic carbocycles. The van der Waals surface area contributed by atoms with E-state index in [-0.39, 0.29) is 6.09 Å². The average Bonchev–Trinajstić information content (AvgIpc) is 2.98. The van der Waals surface area contributed by atoms with E-state index < -0.39 is 5.60 Å². The van der Waals surface area contributed by atoms with Gasteiger partial charge in [-0.3, -0.25) is 0 Å². The standard InChI is InChI=1S/C33H46ClN7O2/c1-33(2,3)43-32(42)41-13-11-22(12-14-41)18-36-29-24-8-6-9-25(29)16-23(15-24)19-37-30-27(17-35)21-39-31(40-30)38-20-26-7-4-5-10-28(26)34/h4-5,7,10,21-25,29,36H,6,8-9,11-16,18-20H2,1-3H3,(H2,37,38,39,40)/t23?,24-,25+,29?. The predicted octanol–water partition coefficient (Wildman–Crippen LogP) is 6.46. The average molecular weight is 608 g/mol. The van der Waals surface area contributed by atoms with Gasteiger partial charge in [0.05, 0.1) is 6.20 Å². The van der Waals surface area contributed by atoms with Gasteiger partial charge in [0.15, 0.2) is 0 Å². The minimum absolute atomic E-state index is 0.186. The number of hydrogen-bond donors (Lipinski definition) is 3. The minimum atomic E-state index is -0.452. The summed E-state index contributed by atoms with van der Waals surface area (Å²) in [5.74, 6) is 3.56. The van der Waals surface area contributed by atoms with Crippen LogP contribution in [-0.4, -0.2) is 58.8 Å². The lowest BCUT2D eigenvalue weighted by molar-refractivity contribution is 0.0176. The Morgan fingerprint density at radius 1 is 1.07 bits per heavy atom. The Hall–Kier alpha value is -3.09. The van der Waals surface area contributed by atoms with Gasteiger partial charge in [0.25, 0.3) is 0 Å². The maximum Gasteiger partial charge on any atom is 0.410 e. The van der Waals surface area contributed by atoms with E-state index >= 15 is 0 Å². The normalized spacial score (nSPS) is 24.2. The maximum atomic E-state index is 12.4.